The minimum absolute atomic E-state index is 0.161. The number of primary amides is 1. The first kappa shape index (κ1) is 20.5. The molecule has 7 heteroatoms. The maximum absolute atomic E-state index is 13.5. The number of aryl methyl sites for hydroxylation is 2. The van der Waals surface area contributed by atoms with Crippen molar-refractivity contribution in [2.45, 2.75) is 39.4 Å². The number of nitrogens with two attached hydrogens (primary N) is 1. The van der Waals surface area contributed by atoms with Crippen LogP contribution in [-0.2, 0) is 24.3 Å². The zero-order chi connectivity index (χ0) is 22.4. The van der Waals surface area contributed by atoms with Gasteiger partial charge in [-0.1, -0.05) is 54.1 Å². The Balaban J connectivity index is 1.48. The molecular weight excluding hydrogens is 420 g/mol. The molecule has 5 rings (SSSR count). The summed E-state index contributed by atoms with van der Waals surface area (Å²) in [6.45, 7) is 5.04. The van der Waals surface area contributed by atoms with Crippen LogP contribution in [0, 0.1) is 13.8 Å². The quantitative estimate of drug-likeness (QED) is 0.520. The van der Waals surface area contributed by atoms with Crippen molar-refractivity contribution in [1.82, 2.24) is 14.7 Å². The molecule has 0 saturated carbocycles. The van der Waals surface area contributed by atoms with Gasteiger partial charge < -0.3 is 10.6 Å². The van der Waals surface area contributed by atoms with Crippen LogP contribution in [0.25, 0.3) is 10.2 Å². The molecule has 0 fully saturated rings. The Morgan fingerprint density at radius 3 is 2.53 bits per heavy atom. The van der Waals surface area contributed by atoms with Crippen molar-refractivity contribution >= 4 is 33.4 Å². The molecule has 2 amide bonds. The molecule has 32 heavy (non-hydrogen) atoms. The predicted molar refractivity (Wildman–Crippen MR) is 126 cm³/mol. The number of thiophene rings is 1. The van der Waals surface area contributed by atoms with E-state index in [0.717, 1.165) is 32.6 Å². The van der Waals surface area contributed by atoms with Gasteiger partial charge in [-0.05, 0) is 36.6 Å². The molecule has 1 atom stereocenters. The lowest BCUT2D eigenvalue weighted by Gasteiger charge is -2.34. The molecule has 162 valence electrons. The molecule has 4 aromatic rings. The lowest BCUT2D eigenvalue weighted by molar-refractivity contribution is -0.122. The Hall–Kier alpha value is -3.45. The summed E-state index contributed by atoms with van der Waals surface area (Å²) in [6.07, 6.45) is 0.447. The third-order valence-corrected chi connectivity index (χ3v) is 7.25. The Morgan fingerprint density at radius 2 is 1.81 bits per heavy atom. The van der Waals surface area contributed by atoms with E-state index in [1.807, 2.05) is 41.9 Å². The third-order valence-electron chi connectivity index (χ3n) is 6.11. The molecule has 0 aliphatic carbocycles. The van der Waals surface area contributed by atoms with Crippen LogP contribution in [0.5, 0.6) is 0 Å². The molecule has 2 aromatic carbocycles. The van der Waals surface area contributed by atoms with E-state index >= 15 is 0 Å². The molecule has 0 radical (unpaired) electrons. The van der Waals surface area contributed by atoms with Crippen molar-refractivity contribution in [3.05, 3.63) is 87.4 Å². The van der Waals surface area contributed by atoms with Crippen molar-refractivity contribution in [2.75, 3.05) is 0 Å². The first-order chi connectivity index (χ1) is 15.4. The Morgan fingerprint density at radius 1 is 1.09 bits per heavy atom. The van der Waals surface area contributed by atoms with Crippen LogP contribution >= 0.6 is 11.3 Å². The highest BCUT2D eigenvalue weighted by Crippen LogP contribution is 2.32. The summed E-state index contributed by atoms with van der Waals surface area (Å²) in [5.74, 6) is -0.638. The number of hydrogen-bond acceptors (Lipinski definition) is 4. The van der Waals surface area contributed by atoms with E-state index in [0.29, 0.717) is 24.4 Å². The fourth-order valence-electron chi connectivity index (χ4n) is 4.32. The molecule has 2 aromatic heterocycles. The highest BCUT2D eigenvalue weighted by atomic mass is 32.1. The maximum Gasteiger partial charge on any atom is 0.265 e. The van der Waals surface area contributed by atoms with Crippen molar-refractivity contribution in [3.63, 3.8) is 0 Å². The largest absolute Gasteiger partial charge is 0.368 e. The number of carbonyl (C=O) groups excluding carboxylic acids is 2. The van der Waals surface area contributed by atoms with Gasteiger partial charge in [0.05, 0.1) is 17.1 Å². The summed E-state index contributed by atoms with van der Waals surface area (Å²) in [5.41, 5.74) is 11.1. The number of hydrogen-bond donors (Lipinski definition) is 1. The molecule has 3 heterocycles. The number of benzene rings is 2. The highest BCUT2D eigenvalue weighted by molar-refractivity contribution is 7.20. The normalized spacial score (nSPS) is 15.7. The topological polar surface area (TPSA) is 81.2 Å². The number of amides is 2. The van der Waals surface area contributed by atoms with Gasteiger partial charge >= 0.3 is 0 Å². The zero-order valence-electron chi connectivity index (χ0n) is 18.0. The second kappa shape index (κ2) is 7.91. The van der Waals surface area contributed by atoms with E-state index in [1.54, 1.807) is 4.90 Å². The number of nitrogens with zero attached hydrogens (tertiary/aromatic N) is 3. The lowest BCUT2D eigenvalue weighted by atomic mass is 9.93. The first-order valence-electron chi connectivity index (χ1n) is 10.6. The van der Waals surface area contributed by atoms with Crippen molar-refractivity contribution in [3.8, 4) is 0 Å². The van der Waals surface area contributed by atoms with Crippen LogP contribution in [0.1, 0.15) is 37.6 Å². The highest BCUT2D eigenvalue weighted by Gasteiger charge is 2.34. The van der Waals surface area contributed by atoms with Crippen LogP contribution < -0.4 is 5.73 Å². The number of aromatic nitrogens is 2. The van der Waals surface area contributed by atoms with Gasteiger partial charge in [-0.3, -0.25) is 14.3 Å². The molecule has 0 bridgehead atoms. The van der Waals surface area contributed by atoms with Gasteiger partial charge in [-0.25, -0.2) is 0 Å². The molecular formula is C25H24N4O2S. The van der Waals surface area contributed by atoms with Crippen LogP contribution in [0.2, 0.25) is 0 Å². The van der Waals surface area contributed by atoms with E-state index in [2.05, 4.69) is 36.3 Å². The van der Waals surface area contributed by atoms with Crippen molar-refractivity contribution < 1.29 is 9.59 Å². The van der Waals surface area contributed by atoms with Gasteiger partial charge in [0, 0.05) is 18.4 Å². The molecule has 1 aliphatic rings. The second-order valence-corrected chi connectivity index (χ2v) is 9.41. The number of carbonyl (C=O) groups is 2. The molecule has 0 unspecified atom stereocenters. The summed E-state index contributed by atoms with van der Waals surface area (Å²) >= 11 is 1.42. The van der Waals surface area contributed by atoms with E-state index < -0.39 is 11.9 Å². The SMILES string of the molecule is Cc1ccc(Cn2nc(C)c3cc(C(=O)N4Cc5ccccc5C[C@@H]4C(N)=O)sc32)cc1. The average molecular weight is 445 g/mol. The zero-order valence-corrected chi connectivity index (χ0v) is 18.9. The monoisotopic (exact) mass is 444 g/mol. The van der Waals surface area contributed by atoms with Gasteiger partial charge in [-0.2, -0.15) is 5.10 Å². The van der Waals surface area contributed by atoms with E-state index in [9.17, 15) is 9.59 Å². The summed E-state index contributed by atoms with van der Waals surface area (Å²) in [6, 6.07) is 17.5. The van der Waals surface area contributed by atoms with Gasteiger partial charge in [0.2, 0.25) is 5.91 Å². The molecule has 1 aliphatic heterocycles. The molecule has 6 nitrogen and oxygen atoms in total. The Bertz CT molecular complexity index is 1340. The third kappa shape index (κ3) is 3.58. The van der Waals surface area contributed by atoms with E-state index in [1.165, 1.54) is 16.9 Å². The number of rotatable bonds is 4. The predicted octanol–water partition coefficient (Wildman–Crippen LogP) is 3.82. The van der Waals surface area contributed by atoms with E-state index in [4.69, 9.17) is 5.73 Å². The average Bonchev–Trinajstić information content (AvgIpc) is 3.35. The molecule has 2 N–H and O–H groups in total. The number of fused-ring (bicyclic) bond motifs is 2. The standard InChI is InChI=1S/C25H24N4O2S/c1-15-7-9-17(10-8-15)13-29-25-20(16(2)27-29)12-22(32-25)24(31)28-14-19-6-4-3-5-18(19)11-21(28)23(26)30/h3-10,12,21H,11,13-14H2,1-2H3,(H2,26,30)/t21-/m1/s1. The summed E-state index contributed by atoms with van der Waals surface area (Å²) < 4.78 is 1.95. The summed E-state index contributed by atoms with van der Waals surface area (Å²) in [5, 5.41) is 5.65. The molecule has 0 saturated heterocycles. The van der Waals surface area contributed by atoms with Crippen molar-refractivity contribution in [2.24, 2.45) is 5.73 Å². The maximum atomic E-state index is 13.5. The van der Waals surface area contributed by atoms with Crippen molar-refractivity contribution in [1.29, 1.82) is 0 Å². The summed E-state index contributed by atoms with van der Waals surface area (Å²) in [7, 11) is 0. The summed E-state index contributed by atoms with van der Waals surface area (Å²) in [4.78, 5) is 28.9. The van der Waals surface area contributed by atoms with Crippen LogP contribution in [0.15, 0.2) is 54.6 Å². The van der Waals surface area contributed by atoms with Gasteiger partial charge in [0.15, 0.2) is 0 Å². The van der Waals surface area contributed by atoms with E-state index in [-0.39, 0.29) is 5.91 Å². The lowest BCUT2D eigenvalue weighted by Crippen LogP contribution is -2.51. The van der Waals surface area contributed by atoms with Gasteiger partial charge in [0.25, 0.3) is 5.91 Å². The van der Waals surface area contributed by atoms with Gasteiger partial charge in [-0.15, -0.1) is 11.3 Å². The minimum atomic E-state index is -0.646. The fraction of sp³-hybridized carbons (Fsp3) is 0.240. The molecule has 0 spiro atoms. The minimum Gasteiger partial charge on any atom is -0.368 e. The van der Waals surface area contributed by atoms with Crippen LogP contribution in [0.4, 0.5) is 0 Å². The Labute approximate surface area is 190 Å². The smallest absolute Gasteiger partial charge is 0.265 e. The van der Waals surface area contributed by atoms with Crippen LogP contribution in [0.3, 0.4) is 0 Å². The fourth-order valence-corrected chi connectivity index (χ4v) is 5.44. The van der Waals surface area contributed by atoms with Gasteiger partial charge in [0.1, 0.15) is 10.9 Å². The first-order valence-corrected chi connectivity index (χ1v) is 11.4. The Kier molecular flexibility index (Phi) is 5.06. The second-order valence-electron chi connectivity index (χ2n) is 8.38. The van der Waals surface area contributed by atoms with Crippen LogP contribution in [-0.4, -0.2) is 32.5 Å².